The van der Waals surface area contributed by atoms with E-state index in [0.717, 1.165) is 5.56 Å². The first-order valence-electron chi connectivity index (χ1n) is 13.8. The van der Waals surface area contributed by atoms with Gasteiger partial charge in [-0.05, 0) is 61.4 Å². The Bertz CT molecular complexity index is 1580. The summed E-state index contributed by atoms with van der Waals surface area (Å²) in [5.74, 6) is 0.736. The van der Waals surface area contributed by atoms with E-state index < -0.39 is 24.3 Å². The molecular weight excluding hydrogens is 566 g/mol. The maximum absolute atomic E-state index is 12.4. The van der Waals surface area contributed by atoms with E-state index in [-0.39, 0.29) is 12.2 Å². The summed E-state index contributed by atoms with van der Waals surface area (Å²) >= 11 is 0. The number of rotatable bonds is 13. The molecule has 0 unspecified atom stereocenters. The molecule has 1 aliphatic heterocycles. The van der Waals surface area contributed by atoms with Crippen molar-refractivity contribution >= 4 is 18.2 Å². The molecule has 1 heterocycles. The highest BCUT2D eigenvalue weighted by Gasteiger charge is 2.32. The van der Waals surface area contributed by atoms with Crippen molar-refractivity contribution in [1.29, 1.82) is 5.26 Å². The molecule has 3 aromatic rings. The van der Waals surface area contributed by atoms with E-state index in [0.29, 0.717) is 52.8 Å². The molecule has 2 atom stereocenters. The van der Waals surface area contributed by atoms with Gasteiger partial charge >= 0.3 is 12.0 Å². The Kier molecular flexibility index (Phi) is 10.8. The molecule has 44 heavy (non-hydrogen) atoms. The third kappa shape index (κ3) is 8.05. The van der Waals surface area contributed by atoms with Gasteiger partial charge in [-0.2, -0.15) is 10.4 Å². The van der Waals surface area contributed by atoms with Gasteiger partial charge in [0, 0.05) is 11.3 Å². The Hall–Kier alpha value is -5.54. The van der Waals surface area contributed by atoms with Crippen molar-refractivity contribution in [2.45, 2.75) is 32.7 Å². The summed E-state index contributed by atoms with van der Waals surface area (Å²) in [6.45, 7) is 3.91. The second-order valence-corrected chi connectivity index (χ2v) is 9.55. The molecule has 4 N–H and O–H groups in total. The largest absolute Gasteiger partial charge is 0.490 e. The zero-order valence-electron chi connectivity index (χ0n) is 24.5. The zero-order valence-corrected chi connectivity index (χ0v) is 24.5. The highest BCUT2D eigenvalue weighted by molar-refractivity contribution is 5.95. The third-order valence-electron chi connectivity index (χ3n) is 6.50. The second-order valence-electron chi connectivity index (χ2n) is 9.55. The summed E-state index contributed by atoms with van der Waals surface area (Å²) in [6, 6.07) is 20.3. The van der Waals surface area contributed by atoms with Gasteiger partial charge in [0.25, 0.3) is 0 Å². The van der Waals surface area contributed by atoms with Gasteiger partial charge in [0.15, 0.2) is 17.7 Å². The van der Waals surface area contributed by atoms with Crippen LogP contribution >= 0.6 is 0 Å². The first-order valence-corrected chi connectivity index (χ1v) is 13.8. The molecule has 0 radical (unpaired) electrons. The molecule has 0 saturated heterocycles. The van der Waals surface area contributed by atoms with E-state index in [1.165, 1.54) is 13.3 Å². The number of methoxy groups -OCH3 is 1. The Morgan fingerprint density at radius 2 is 1.86 bits per heavy atom. The summed E-state index contributed by atoms with van der Waals surface area (Å²) in [7, 11) is 1.27. The number of amides is 2. The molecule has 12 heteroatoms. The van der Waals surface area contributed by atoms with Crippen LogP contribution in [0.5, 0.6) is 17.2 Å². The van der Waals surface area contributed by atoms with Crippen LogP contribution in [0.15, 0.2) is 83.1 Å². The van der Waals surface area contributed by atoms with Crippen LogP contribution < -0.4 is 30.3 Å². The number of nitrogens with zero attached hydrogens (tertiary/aromatic N) is 2. The molecule has 0 bridgehead atoms. The molecule has 4 rings (SSSR count). The molecule has 0 spiro atoms. The van der Waals surface area contributed by atoms with Crippen LogP contribution in [0.25, 0.3) is 0 Å². The summed E-state index contributed by atoms with van der Waals surface area (Å²) < 4.78 is 22.4. The van der Waals surface area contributed by atoms with E-state index in [2.05, 4.69) is 27.2 Å². The number of hydrazone groups is 1. The molecule has 0 aliphatic carbocycles. The van der Waals surface area contributed by atoms with Crippen LogP contribution in [0.1, 0.15) is 42.1 Å². The van der Waals surface area contributed by atoms with Crippen LogP contribution in [0, 0.1) is 11.3 Å². The SMILES string of the molecule is CCOc1cc([C@H]2NC(=O)NC(C)=C2C(=O)OC)ccc1OC[C@H](O)N/N=C/c1ccccc1OCc1ccc(C#N)cc1. The van der Waals surface area contributed by atoms with E-state index in [9.17, 15) is 14.7 Å². The predicted octanol–water partition coefficient (Wildman–Crippen LogP) is 3.66. The topological polar surface area (TPSA) is 164 Å². The molecule has 0 aromatic heterocycles. The molecule has 1 aliphatic rings. The number of carbonyl (C=O) groups is 2. The minimum Gasteiger partial charge on any atom is -0.490 e. The average molecular weight is 600 g/mol. The Morgan fingerprint density at radius 3 is 2.59 bits per heavy atom. The van der Waals surface area contributed by atoms with Crippen LogP contribution in [-0.2, 0) is 16.1 Å². The lowest BCUT2D eigenvalue weighted by Crippen LogP contribution is -2.45. The number of benzene rings is 3. The van der Waals surface area contributed by atoms with Crippen LogP contribution in [0.3, 0.4) is 0 Å². The number of esters is 1. The van der Waals surface area contributed by atoms with Crippen molar-refractivity contribution in [2.24, 2.45) is 5.10 Å². The smallest absolute Gasteiger partial charge is 0.337 e. The van der Waals surface area contributed by atoms with Gasteiger partial charge in [-0.15, -0.1) is 0 Å². The first-order chi connectivity index (χ1) is 21.3. The Balaban J connectivity index is 1.38. The zero-order chi connectivity index (χ0) is 31.5. The van der Waals surface area contributed by atoms with E-state index in [4.69, 9.17) is 24.2 Å². The number of carbonyl (C=O) groups excluding carboxylic acids is 2. The molecule has 3 aromatic carbocycles. The van der Waals surface area contributed by atoms with Crippen LogP contribution in [0.2, 0.25) is 0 Å². The minimum atomic E-state index is -1.16. The molecule has 0 fully saturated rings. The van der Waals surface area contributed by atoms with Gasteiger partial charge in [-0.1, -0.05) is 30.3 Å². The fourth-order valence-electron chi connectivity index (χ4n) is 4.37. The fraction of sp³-hybridized carbons (Fsp3) is 0.250. The summed E-state index contributed by atoms with van der Waals surface area (Å²) in [5.41, 5.74) is 6.04. The number of hydrogen-bond donors (Lipinski definition) is 4. The molecule has 0 saturated carbocycles. The number of ether oxygens (including phenoxy) is 4. The fourth-order valence-corrected chi connectivity index (χ4v) is 4.37. The minimum absolute atomic E-state index is 0.163. The highest BCUT2D eigenvalue weighted by Crippen LogP contribution is 2.35. The normalized spacial score (nSPS) is 15.1. The van der Waals surface area contributed by atoms with Gasteiger partial charge in [-0.3, -0.25) is 5.43 Å². The van der Waals surface area contributed by atoms with E-state index in [1.807, 2.05) is 43.3 Å². The standard InChI is InChI=1S/C32H33N5O7/c1-4-42-27-15-23(30-29(31(39)41-3)20(2)35-32(40)36-30)13-14-26(27)44-19-28(38)37-34-17-24-7-5-6-8-25(24)43-18-22-11-9-21(16-33)10-12-22/h5-15,17,28,30,37-38H,4,18-19H2,1-3H3,(H2,35,36,40)/b34-17+/t28-,30+/m0/s1. The van der Waals surface area contributed by atoms with Gasteiger partial charge in [0.2, 0.25) is 0 Å². The van der Waals surface area contributed by atoms with Crippen molar-refractivity contribution in [3.05, 3.63) is 100 Å². The van der Waals surface area contributed by atoms with Gasteiger partial charge in [0.1, 0.15) is 19.0 Å². The predicted molar refractivity (Wildman–Crippen MR) is 161 cm³/mol. The molecule has 228 valence electrons. The number of hydrogen-bond acceptors (Lipinski definition) is 10. The lowest BCUT2D eigenvalue weighted by Gasteiger charge is -2.28. The number of urea groups is 1. The number of allylic oxidation sites excluding steroid dienone is 1. The maximum Gasteiger partial charge on any atom is 0.337 e. The van der Waals surface area contributed by atoms with E-state index in [1.54, 1.807) is 37.3 Å². The molecule has 12 nitrogen and oxygen atoms in total. The number of aliphatic hydroxyl groups is 1. The number of nitrogens with one attached hydrogen (secondary N) is 3. The Labute approximate surface area is 254 Å². The van der Waals surface area contributed by atoms with Crippen LogP contribution in [-0.4, -0.2) is 49.9 Å². The number of aliphatic hydroxyl groups excluding tert-OH is 1. The van der Waals surface area contributed by atoms with Crippen molar-refractivity contribution in [3.8, 4) is 23.3 Å². The number of nitriles is 1. The second kappa shape index (κ2) is 15.1. The molecular formula is C32H33N5O7. The van der Waals surface area contributed by atoms with Gasteiger partial charge in [-0.25, -0.2) is 9.59 Å². The summed E-state index contributed by atoms with van der Waals surface area (Å²) in [6.07, 6.45) is 0.367. The lowest BCUT2D eigenvalue weighted by molar-refractivity contribution is -0.136. The molecule has 2 amide bonds. The maximum atomic E-state index is 12.4. The average Bonchev–Trinajstić information content (AvgIpc) is 3.03. The quantitative estimate of drug-likeness (QED) is 0.0994. The van der Waals surface area contributed by atoms with E-state index >= 15 is 0 Å². The van der Waals surface area contributed by atoms with Crippen molar-refractivity contribution < 1.29 is 33.6 Å². The summed E-state index contributed by atoms with van der Waals surface area (Å²) in [5, 5.41) is 28.9. The van der Waals surface area contributed by atoms with Gasteiger partial charge in [0.05, 0.1) is 43.2 Å². The first kappa shape index (κ1) is 31.4. The lowest BCUT2D eigenvalue weighted by atomic mass is 9.95. The monoisotopic (exact) mass is 599 g/mol. The highest BCUT2D eigenvalue weighted by atomic mass is 16.5. The van der Waals surface area contributed by atoms with Crippen molar-refractivity contribution in [1.82, 2.24) is 16.1 Å². The van der Waals surface area contributed by atoms with Crippen LogP contribution in [0.4, 0.5) is 4.79 Å². The van der Waals surface area contributed by atoms with Gasteiger partial charge < -0.3 is 34.7 Å². The summed E-state index contributed by atoms with van der Waals surface area (Å²) in [4.78, 5) is 24.6. The van der Waals surface area contributed by atoms with Crippen molar-refractivity contribution in [2.75, 3.05) is 20.3 Å². The number of para-hydroxylation sites is 1. The Morgan fingerprint density at radius 1 is 1.09 bits per heavy atom. The van der Waals surface area contributed by atoms with Crippen molar-refractivity contribution in [3.63, 3.8) is 0 Å². The third-order valence-corrected chi connectivity index (χ3v) is 6.50.